The monoisotopic (exact) mass is 380 g/mol. The van der Waals surface area contributed by atoms with Crippen molar-refractivity contribution in [2.45, 2.75) is 6.92 Å². The number of thiophene rings is 1. The third kappa shape index (κ3) is 2.70. The molecule has 0 bridgehead atoms. The molecule has 0 radical (unpaired) electrons. The highest BCUT2D eigenvalue weighted by molar-refractivity contribution is 7.13. The first-order valence-electron chi connectivity index (χ1n) is 8.12. The Balaban J connectivity index is 1.56. The Kier molecular flexibility index (Phi) is 3.58. The fraction of sp³-hybridized carbons (Fsp3) is 0.105. The summed E-state index contributed by atoms with van der Waals surface area (Å²) in [6.45, 7) is 1.91. The van der Waals surface area contributed by atoms with Crippen molar-refractivity contribution >= 4 is 28.4 Å². The number of fused-ring (bicyclic) bond motifs is 2. The van der Waals surface area contributed by atoms with Crippen LogP contribution in [0.1, 0.15) is 16.1 Å². The summed E-state index contributed by atoms with van der Waals surface area (Å²) in [5.74, 6) is 1.00. The first-order valence-corrected chi connectivity index (χ1v) is 9.00. The summed E-state index contributed by atoms with van der Waals surface area (Å²) in [5, 5.41) is 6.42. The maximum absolute atomic E-state index is 12.9. The minimum absolute atomic E-state index is 0.155. The van der Waals surface area contributed by atoms with E-state index in [9.17, 15) is 4.79 Å². The molecule has 0 fully saturated rings. The number of ether oxygens (including phenoxy) is 3. The first kappa shape index (κ1) is 15.8. The highest BCUT2D eigenvalue weighted by atomic mass is 32.1. The zero-order valence-corrected chi connectivity index (χ0v) is 14.9. The predicted molar refractivity (Wildman–Crippen MR) is 97.4 cm³/mol. The summed E-state index contributed by atoms with van der Waals surface area (Å²) in [6.07, 6.45) is 0. The van der Waals surface area contributed by atoms with Crippen LogP contribution in [0.25, 0.3) is 21.7 Å². The number of aryl methyl sites for hydroxylation is 1. The van der Waals surface area contributed by atoms with Crippen LogP contribution in [0, 0.1) is 6.92 Å². The van der Waals surface area contributed by atoms with E-state index in [0.717, 1.165) is 4.88 Å². The zero-order valence-electron chi connectivity index (χ0n) is 14.1. The molecule has 134 valence electrons. The summed E-state index contributed by atoms with van der Waals surface area (Å²) in [4.78, 5) is 18.3. The van der Waals surface area contributed by atoms with Crippen LogP contribution in [0.4, 0.5) is 0 Å². The Hall–Kier alpha value is -3.39. The molecule has 5 rings (SSSR count). The third-order valence-electron chi connectivity index (χ3n) is 4.17. The lowest BCUT2D eigenvalue weighted by atomic mass is 10.1. The smallest absolute Gasteiger partial charge is 0.344 e. The molecule has 1 aliphatic rings. The average Bonchev–Trinajstić information content (AvgIpc) is 3.41. The van der Waals surface area contributed by atoms with Crippen LogP contribution in [0.3, 0.4) is 0 Å². The van der Waals surface area contributed by atoms with Crippen LogP contribution >= 0.6 is 11.3 Å². The zero-order chi connectivity index (χ0) is 18.4. The lowest BCUT2D eigenvalue weighted by molar-refractivity contribution is 0.0736. The van der Waals surface area contributed by atoms with Crippen LogP contribution in [-0.4, -0.2) is 22.9 Å². The van der Waals surface area contributed by atoms with Gasteiger partial charge in [-0.25, -0.2) is 9.78 Å². The lowest BCUT2D eigenvalue weighted by Gasteiger charge is -2.07. The maximum atomic E-state index is 12.9. The van der Waals surface area contributed by atoms with Gasteiger partial charge >= 0.3 is 5.97 Å². The van der Waals surface area contributed by atoms with Crippen molar-refractivity contribution in [3.63, 3.8) is 0 Å². The molecule has 0 spiro atoms. The molecule has 0 atom stereocenters. The van der Waals surface area contributed by atoms with Crippen LogP contribution < -0.4 is 14.2 Å². The largest absolute Gasteiger partial charge is 0.454 e. The van der Waals surface area contributed by atoms with Gasteiger partial charge in [0.05, 0.1) is 27.2 Å². The molecular weight excluding hydrogens is 368 g/mol. The second kappa shape index (κ2) is 6.10. The fourth-order valence-electron chi connectivity index (χ4n) is 2.91. The quantitative estimate of drug-likeness (QED) is 0.389. The Morgan fingerprint density at radius 3 is 2.93 bits per heavy atom. The Morgan fingerprint density at radius 2 is 2.07 bits per heavy atom. The molecule has 4 heterocycles. The van der Waals surface area contributed by atoms with Gasteiger partial charge < -0.3 is 18.7 Å². The molecule has 3 aromatic heterocycles. The van der Waals surface area contributed by atoms with Crippen LogP contribution in [0.5, 0.6) is 17.2 Å². The second-order valence-electron chi connectivity index (χ2n) is 5.89. The van der Waals surface area contributed by atoms with E-state index in [1.807, 2.05) is 17.5 Å². The molecule has 7 nitrogen and oxygen atoms in total. The first-order chi connectivity index (χ1) is 13.2. The number of benzene rings is 1. The third-order valence-corrected chi connectivity index (χ3v) is 5.06. The summed E-state index contributed by atoms with van der Waals surface area (Å²) in [5.41, 5.74) is 1.86. The molecular formula is C19H12N2O5S. The van der Waals surface area contributed by atoms with Crippen molar-refractivity contribution in [3.05, 3.63) is 53.0 Å². The van der Waals surface area contributed by atoms with Gasteiger partial charge in [-0.3, -0.25) is 0 Å². The predicted octanol–water partition coefficient (Wildman–Crippen LogP) is 4.21. The maximum Gasteiger partial charge on any atom is 0.344 e. The van der Waals surface area contributed by atoms with Crippen molar-refractivity contribution in [1.29, 1.82) is 0 Å². The van der Waals surface area contributed by atoms with E-state index in [4.69, 9.17) is 18.7 Å². The SMILES string of the molecule is Cc1noc2nc(-c3cccs3)cc(C(=O)Oc3ccc4c(c3)OCO4)c12. The van der Waals surface area contributed by atoms with Gasteiger partial charge in [-0.15, -0.1) is 11.3 Å². The van der Waals surface area contributed by atoms with Crippen molar-refractivity contribution in [1.82, 2.24) is 10.1 Å². The summed E-state index contributed by atoms with van der Waals surface area (Å²) >= 11 is 1.52. The molecule has 0 unspecified atom stereocenters. The Labute approximate surface area is 157 Å². The van der Waals surface area contributed by atoms with E-state index in [-0.39, 0.29) is 6.79 Å². The number of nitrogens with zero attached hydrogens (tertiary/aromatic N) is 2. The number of hydrogen-bond donors (Lipinski definition) is 0. The number of esters is 1. The van der Waals surface area contributed by atoms with E-state index in [2.05, 4.69) is 10.1 Å². The van der Waals surface area contributed by atoms with E-state index < -0.39 is 5.97 Å². The second-order valence-corrected chi connectivity index (χ2v) is 6.83. The minimum Gasteiger partial charge on any atom is -0.454 e. The lowest BCUT2D eigenvalue weighted by Crippen LogP contribution is -2.10. The molecule has 4 aromatic rings. The number of aromatic nitrogens is 2. The molecule has 0 N–H and O–H groups in total. The molecule has 0 aliphatic carbocycles. The van der Waals surface area contributed by atoms with Gasteiger partial charge in [0.2, 0.25) is 6.79 Å². The van der Waals surface area contributed by atoms with Crippen molar-refractivity contribution in [2.75, 3.05) is 6.79 Å². The van der Waals surface area contributed by atoms with Gasteiger partial charge in [0, 0.05) is 6.07 Å². The van der Waals surface area contributed by atoms with Gasteiger partial charge in [-0.1, -0.05) is 11.2 Å². The van der Waals surface area contributed by atoms with E-state index in [0.29, 0.717) is 45.3 Å². The highest BCUT2D eigenvalue weighted by Gasteiger charge is 2.22. The van der Waals surface area contributed by atoms with E-state index in [1.54, 1.807) is 31.2 Å². The summed E-state index contributed by atoms with van der Waals surface area (Å²) in [6, 6.07) is 10.5. The van der Waals surface area contributed by atoms with Crippen LogP contribution in [-0.2, 0) is 0 Å². The average molecular weight is 380 g/mol. The van der Waals surface area contributed by atoms with Crippen LogP contribution in [0.2, 0.25) is 0 Å². The molecule has 0 saturated carbocycles. The van der Waals surface area contributed by atoms with Gasteiger partial charge in [-0.2, -0.15) is 0 Å². The molecule has 1 aromatic carbocycles. The number of carbonyl (C=O) groups is 1. The van der Waals surface area contributed by atoms with Crippen molar-refractivity contribution in [3.8, 4) is 27.8 Å². The normalized spacial score (nSPS) is 12.5. The van der Waals surface area contributed by atoms with E-state index >= 15 is 0 Å². The molecule has 27 heavy (non-hydrogen) atoms. The van der Waals surface area contributed by atoms with Crippen molar-refractivity contribution in [2.24, 2.45) is 0 Å². The molecule has 8 heteroatoms. The Morgan fingerprint density at radius 1 is 1.19 bits per heavy atom. The summed E-state index contributed by atoms with van der Waals surface area (Å²) in [7, 11) is 0. The van der Waals surface area contributed by atoms with Crippen LogP contribution in [0.15, 0.2) is 46.3 Å². The van der Waals surface area contributed by atoms with Gasteiger partial charge in [0.15, 0.2) is 11.5 Å². The minimum atomic E-state index is -0.523. The highest BCUT2D eigenvalue weighted by Crippen LogP contribution is 2.36. The molecule has 0 amide bonds. The Bertz CT molecular complexity index is 1170. The molecule has 1 aliphatic heterocycles. The van der Waals surface area contributed by atoms with Gasteiger partial charge in [-0.05, 0) is 36.6 Å². The van der Waals surface area contributed by atoms with Gasteiger partial charge in [0.1, 0.15) is 5.75 Å². The number of carbonyl (C=O) groups excluding carboxylic acids is 1. The summed E-state index contributed by atoms with van der Waals surface area (Å²) < 4.78 is 21.4. The van der Waals surface area contributed by atoms with Gasteiger partial charge in [0.25, 0.3) is 5.71 Å². The standard InChI is InChI=1S/C19H12N2O5S/c1-10-17-12(8-13(16-3-2-6-27-16)20-18(17)26-21-10)19(22)25-11-4-5-14-15(7-11)24-9-23-14/h2-8H,9H2,1H3. The van der Waals surface area contributed by atoms with Crippen molar-refractivity contribution < 1.29 is 23.5 Å². The number of hydrogen-bond acceptors (Lipinski definition) is 8. The number of pyridine rings is 1. The fourth-order valence-corrected chi connectivity index (χ4v) is 3.59. The molecule has 0 saturated heterocycles. The van der Waals surface area contributed by atoms with E-state index in [1.165, 1.54) is 11.3 Å². The topological polar surface area (TPSA) is 83.7 Å². The number of rotatable bonds is 3.